The van der Waals surface area contributed by atoms with E-state index in [4.69, 9.17) is 9.15 Å². The lowest BCUT2D eigenvalue weighted by Crippen LogP contribution is -2.36. The molecule has 0 saturated carbocycles. The molecular weight excluding hydrogens is 452 g/mol. The van der Waals surface area contributed by atoms with Crippen LogP contribution in [0.3, 0.4) is 0 Å². The number of aromatic nitrogens is 2. The molecule has 180 valence electrons. The Labute approximate surface area is 203 Å². The van der Waals surface area contributed by atoms with Crippen LogP contribution in [0.2, 0.25) is 0 Å². The van der Waals surface area contributed by atoms with Crippen molar-refractivity contribution in [2.75, 3.05) is 11.1 Å². The number of carbonyl (C=O) groups is 2. The monoisotopic (exact) mass is 482 g/mol. The van der Waals surface area contributed by atoms with Crippen LogP contribution in [-0.2, 0) is 16.0 Å². The summed E-state index contributed by atoms with van der Waals surface area (Å²) in [4.78, 5) is 24.8. The SMILES string of the molecule is Cc1ccc(NC(=O)CSc2nnc([C@@H](Cc3ccccc3)NC(=O)OC(C)(C)C)o2)c(C)c1. The molecule has 0 aliphatic heterocycles. The number of carbonyl (C=O) groups excluding carboxylic acids is 2. The van der Waals surface area contributed by atoms with Gasteiger partial charge in [-0.1, -0.05) is 59.8 Å². The van der Waals surface area contributed by atoms with Crippen LogP contribution in [0.5, 0.6) is 0 Å². The van der Waals surface area contributed by atoms with Crippen molar-refractivity contribution in [2.45, 2.75) is 57.9 Å². The standard InChI is InChI=1S/C25H30N4O4S/c1-16-11-12-19(17(2)13-16)26-21(30)15-34-24-29-28-22(32-24)20(14-18-9-7-6-8-10-18)27-23(31)33-25(3,4)5/h6-13,20H,14-15H2,1-5H3,(H,26,30)(H,27,31)/t20-/m1/s1. The highest BCUT2D eigenvalue weighted by molar-refractivity contribution is 7.99. The van der Waals surface area contributed by atoms with E-state index in [-0.39, 0.29) is 22.8 Å². The zero-order valence-electron chi connectivity index (χ0n) is 20.0. The average molecular weight is 483 g/mol. The number of rotatable bonds is 8. The molecule has 3 rings (SSSR count). The van der Waals surface area contributed by atoms with Gasteiger partial charge in [-0.15, -0.1) is 10.2 Å². The number of thioether (sulfide) groups is 1. The van der Waals surface area contributed by atoms with E-state index in [1.165, 1.54) is 0 Å². The Balaban J connectivity index is 1.65. The second-order valence-electron chi connectivity index (χ2n) is 8.95. The lowest BCUT2D eigenvalue weighted by atomic mass is 10.1. The highest BCUT2D eigenvalue weighted by Gasteiger charge is 2.25. The minimum Gasteiger partial charge on any atom is -0.444 e. The molecule has 9 heteroatoms. The van der Waals surface area contributed by atoms with Crippen LogP contribution >= 0.6 is 11.8 Å². The molecule has 2 aromatic carbocycles. The molecule has 1 aromatic heterocycles. The first-order valence-electron chi connectivity index (χ1n) is 11.0. The van der Waals surface area contributed by atoms with E-state index in [1.807, 2.05) is 62.4 Å². The number of hydrogen-bond donors (Lipinski definition) is 2. The molecule has 0 unspecified atom stereocenters. The predicted octanol–water partition coefficient (Wildman–Crippen LogP) is 5.23. The molecule has 8 nitrogen and oxygen atoms in total. The van der Waals surface area contributed by atoms with Gasteiger partial charge < -0.3 is 19.8 Å². The number of aryl methyl sites for hydroxylation is 2. The third-order valence-electron chi connectivity index (χ3n) is 4.68. The maximum Gasteiger partial charge on any atom is 0.408 e. The van der Waals surface area contributed by atoms with Crippen molar-refractivity contribution in [1.82, 2.24) is 15.5 Å². The van der Waals surface area contributed by atoms with Gasteiger partial charge in [-0.25, -0.2) is 4.79 Å². The van der Waals surface area contributed by atoms with E-state index in [0.29, 0.717) is 6.42 Å². The summed E-state index contributed by atoms with van der Waals surface area (Å²) in [6.07, 6.45) is -0.131. The molecule has 0 aliphatic carbocycles. The van der Waals surface area contributed by atoms with Gasteiger partial charge in [0.2, 0.25) is 11.8 Å². The molecule has 0 aliphatic rings. The smallest absolute Gasteiger partial charge is 0.408 e. The topological polar surface area (TPSA) is 106 Å². The summed E-state index contributed by atoms with van der Waals surface area (Å²) in [6.45, 7) is 9.34. The van der Waals surface area contributed by atoms with E-state index in [0.717, 1.165) is 34.1 Å². The van der Waals surface area contributed by atoms with Crippen molar-refractivity contribution in [2.24, 2.45) is 0 Å². The van der Waals surface area contributed by atoms with E-state index in [9.17, 15) is 9.59 Å². The Hall–Kier alpha value is -3.33. The van der Waals surface area contributed by atoms with E-state index >= 15 is 0 Å². The predicted molar refractivity (Wildman–Crippen MR) is 132 cm³/mol. The molecule has 3 aromatic rings. The van der Waals surface area contributed by atoms with E-state index in [1.54, 1.807) is 20.8 Å². The quantitative estimate of drug-likeness (QED) is 0.424. The molecule has 0 radical (unpaired) electrons. The first-order chi connectivity index (χ1) is 16.1. The Morgan fingerprint density at radius 2 is 1.82 bits per heavy atom. The van der Waals surface area contributed by atoms with Crippen molar-refractivity contribution in [3.8, 4) is 0 Å². The Morgan fingerprint density at radius 3 is 2.50 bits per heavy atom. The molecule has 0 spiro atoms. The Bertz CT molecular complexity index is 1130. The van der Waals surface area contributed by atoms with Crippen molar-refractivity contribution in [1.29, 1.82) is 0 Å². The first-order valence-corrected chi connectivity index (χ1v) is 11.9. The molecule has 2 amide bonds. The van der Waals surface area contributed by atoms with Gasteiger partial charge in [0.25, 0.3) is 5.22 Å². The highest BCUT2D eigenvalue weighted by Crippen LogP contribution is 2.24. The van der Waals surface area contributed by atoms with Gasteiger partial charge in [0, 0.05) is 12.1 Å². The van der Waals surface area contributed by atoms with Crippen molar-refractivity contribution in [3.63, 3.8) is 0 Å². The molecule has 0 bridgehead atoms. The van der Waals surface area contributed by atoms with Gasteiger partial charge in [-0.05, 0) is 51.8 Å². The van der Waals surface area contributed by atoms with Crippen LogP contribution in [0.1, 0.15) is 49.4 Å². The summed E-state index contributed by atoms with van der Waals surface area (Å²) in [5.41, 5.74) is 3.25. The van der Waals surface area contributed by atoms with Crippen LogP contribution in [0, 0.1) is 13.8 Å². The second-order valence-corrected chi connectivity index (χ2v) is 9.88. The third-order valence-corrected chi connectivity index (χ3v) is 5.49. The number of alkyl carbamates (subject to hydrolysis) is 1. The lowest BCUT2D eigenvalue weighted by Gasteiger charge is -2.22. The zero-order valence-corrected chi connectivity index (χ0v) is 20.9. The first kappa shape index (κ1) is 25.3. The van der Waals surface area contributed by atoms with Crippen LogP contribution in [0.4, 0.5) is 10.5 Å². The second kappa shape index (κ2) is 11.2. The van der Waals surface area contributed by atoms with Gasteiger partial charge in [0.15, 0.2) is 0 Å². The molecule has 0 saturated heterocycles. The van der Waals surface area contributed by atoms with Crippen LogP contribution in [0.25, 0.3) is 0 Å². The third kappa shape index (κ3) is 7.91. The minimum absolute atomic E-state index is 0.109. The van der Waals surface area contributed by atoms with Gasteiger partial charge in [0.1, 0.15) is 11.6 Å². The largest absolute Gasteiger partial charge is 0.444 e. The fraction of sp³-hybridized carbons (Fsp3) is 0.360. The zero-order chi connectivity index (χ0) is 24.7. The number of benzene rings is 2. The molecule has 2 N–H and O–H groups in total. The molecule has 34 heavy (non-hydrogen) atoms. The Kier molecular flexibility index (Phi) is 8.33. The number of anilines is 1. The Morgan fingerprint density at radius 1 is 1.09 bits per heavy atom. The highest BCUT2D eigenvalue weighted by atomic mass is 32.2. The lowest BCUT2D eigenvalue weighted by molar-refractivity contribution is -0.113. The van der Waals surface area contributed by atoms with Gasteiger partial charge in [-0.2, -0.15) is 0 Å². The van der Waals surface area contributed by atoms with Crippen molar-refractivity contribution in [3.05, 3.63) is 71.1 Å². The van der Waals surface area contributed by atoms with Crippen molar-refractivity contribution < 1.29 is 18.7 Å². The van der Waals surface area contributed by atoms with Crippen LogP contribution < -0.4 is 10.6 Å². The summed E-state index contributed by atoms with van der Waals surface area (Å²) in [5.74, 6) is 0.175. The van der Waals surface area contributed by atoms with Gasteiger partial charge in [-0.3, -0.25) is 4.79 Å². The number of nitrogens with zero attached hydrogens (tertiary/aromatic N) is 2. The van der Waals surface area contributed by atoms with Crippen molar-refractivity contribution >= 4 is 29.4 Å². The van der Waals surface area contributed by atoms with E-state index < -0.39 is 17.7 Å². The maximum atomic E-state index is 12.4. The summed E-state index contributed by atoms with van der Waals surface area (Å²) >= 11 is 1.13. The van der Waals surface area contributed by atoms with Gasteiger partial charge in [0.05, 0.1) is 5.75 Å². The number of ether oxygens (including phenoxy) is 1. The number of nitrogens with one attached hydrogen (secondary N) is 2. The maximum absolute atomic E-state index is 12.4. The van der Waals surface area contributed by atoms with Crippen LogP contribution in [-0.4, -0.2) is 33.6 Å². The summed E-state index contributed by atoms with van der Waals surface area (Å²) in [6, 6.07) is 14.9. The molecule has 1 heterocycles. The normalized spacial score (nSPS) is 12.1. The minimum atomic E-state index is -0.638. The number of amides is 2. The molecule has 1 atom stereocenters. The summed E-state index contributed by atoms with van der Waals surface area (Å²) < 4.78 is 11.2. The summed E-state index contributed by atoms with van der Waals surface area (Å²) in [5, 5.41) is 14.1. The van der Waals surface area contributed by atoms with E-state index in [2.05, 4.69) is 20.8 Å². The van der Waals surface area contributed by atoms with Crippen LogP contribution in [0.15, 0.2) is 58.2 Å². The number of hydrogen-bond acceptors (Lipinski definition) is 7. The molecule has 0 fully saturated rings. The fourth-order valence-electron chi connectivity index (χ4n) is 3.19. The fourth-order valence-corrected chi connectivity index (χ4v) is 3.76. The average Bonchev–Trinajstić information content (AvgIpc) is 3.22. The summed E-state index contributed by atoms with van der Waals surface area (Å²) in [7, 11) is 0. The van der Waals surface area contributed by atoms with Gasteiger partial charge >= 0.3 is 6.09 Å². The molecular formula is C25H30N4O4S.